The molecule has 182 valence electrons. The average Bonchev–Trinajstić information content (AvgIpc) is 3.23. The Labute approximate surface area is 189 Å². The van der Waals surface area contributed by atoms with Crippen molar-refractivity contribution in [2.75, 3.05) is 53.1 Å². The van der Waals surface area contributed by atoms with Crippen LogP contribution in [0.1, 0.15) is 44.1 Å². The summed E-state index contributed by atoms with van der Waals surface area (Å²) in [5.74, 6) is 1.58. The van der Waals surface area contributed by atoms with E-state index >= 15 is 0 Å². The highest BCUT2D eigenvalue weighted by Crippen LogP contribution is 2.30. The Kier molecular flexibility index (Phi) is 11.7. The molecule has 5 nitrogen and oxygen atoms in total. The number of nitrogens with one attached hydrogen (secondary N) is 1. The van der Waals surface area contributed by atoms with E-state index in [1.807, 2.05) is 18.2 Å². The van der Waals surface area contributed by atoms with Gasteiger partial charge in [-0.15, -0.1) is 0 Å². The lowest BCUT2D eigenvalue weighted by molar-refractivity contribution is -0.174. The van der Waals surface area contributed by atoms with Crippen molar-refractivity contribution in [3.63, 3.8) is 0 Å². The number of ether oxygens (including phenoxy) is 3. The van der Waals surface area contributed by atoms with Crippen LogP contribution in [0.3, 0.4) is 0 Å². The first-order chi connectivity index (χ1) is 15.3. The van der Waals surface area contributed by atoms with Crippen LogP contribution in [0.2, 0.25) is 0 Å². The Hall–Kier alpha value is -1.93. The predicted octanol–water partition coefficient (Wildman–Crippen LogP) is 4.95. The second kappa shape index (κ2) is 14.3. The lowest BCUT2D eigenvalue weighted by atomic mass is 10.1. The highest BCUT2D eigenvalue weighted by Gasteiger charge is 2.27. The Bertz CT molecular complexity index is 677. The fourth-order valence-electron chi connectivity index (χ4n) is 3.50. The number of unbranched alkanes of at least 4 members (excludes halogenated alkanes) is 2. The van der Waals surface area contributed by atoms with Crippen LogP contribution in [0.25, 0.3) is 0 Å². The second-order valence-corrected chi connectivity index (χ2v) is 8.25. The second-order valence-electron chi connectivity index (χ2n) is 8.25. The lowest BCUT2D eigenvalue weighted by Gasteiger charge is -2.19. The number of allylic oxidation sites excluding steroid dienone is 1. The molecule has 8 heteroatoms. The van der Waals surface area contributed by atoms with Gasteiger partial charge in [-0.2, -0.15) is 13.2 Å². The molecule has 32 heavy (non-hydrogen) atoms. The summed E-state index contributed by atoms with van der Waals surface area (Å²) in [5, 5.41) is 3.29. The van der Waals surface area contributed by atoms with Crippen molar-refractivity contribution in [1.82, 2.24) is 10.2 Å². The van der Waals surface area contributed by atoms with Gasteiger partial charge in [0.25, 0.3) is 0 Å². The van der Waals surface area contributed by atoms with Gasteiger partial charge in [-0.1, -0.05) is 19.1 Å². The molecule has 0 radical (unpaired) electrons. The van der Waals surface area contributed by atoms with E-state index in [0.29, 0.717) is 19.6 Å². The average molecular weight is 459 g/mol. The van der Waals surface area contributed by atoms with E-state index in [4.69, 9.17) is 9.47 Å². The maximum absolute atomic E-state index is 11.9. The molecule has 0 aromatic heterocycles. The van der Waals surface area contributed by atoms with Crippen LogP contribution in [-0.4, -0.2) is 64.2 Å². The third kappa shape index (κ3) is 11.6. The van der Waals surface area contributed by atoms with Crippen molar-refractivity contribution < 1.29 is 27.4 Å². The minimum atomic E-state index is -4.24. The van der Waals surface area contributed by atoms with Crippen LogP contribution in [0.15, 0.2) is 30.5 Å². The molecule has 0 amide bonds. The molecule has 0 bridgehead atoms. The van der Waals surface area contributed by atoms with Gasteiger partial charge in [0.1, 0.15) is 19.8 Å². The van der Waals surface area contributed by atoms with Crippen LogP contribution in [0.5, 0.6) is 11.5 Å². The zero-order valence-corrected chi connectivity index (χ0v) is 19.1. The summed E-state index contributed by atoms with van der Waals surface area (Å²) in [7, 11) is 2.17. The molecule has 2 aliphatic rings. The molecule has 3 rings (SSSR count). The SMILES string of the molecule is C=C(CCCCCOCC(F)(F)F)NCCc1ccc2c(c1)OCCO2.CN1CCCC1. The van der Waals surface area contributed by atoms with E-state index in [1.54, 1.807) is 0 Å². The molecular formula is C24H37F3N2O3. The van der Waals surface area contributed by atoms with E-state index in [9.17, 15) is 13.2 Å². The number of halogens is 3. The molecule has 1 aromatic rings. The largest absolute Gasteiger partial charge is 0.486 e. The van der Waals surface area contributed by atoms with Crippen LogP contribution in [0.4, 0.5) is 13.2 Å². The Morgan fingerprint density at radius 1 is 1.09 bits per heavy atom. The highest BCUT2D eigenvalue weighted by molar-refractivity contribution is 5.43. The van der Waals surface area contributed by atoms with Gasteiger partial charge in [-0.3, -0.25) is 0 Å². The lowest BCUT2D eigenvalue weighted by Crippen LogP contribution is -2.18. The van der Waals surface area contributed by atoms with E-state index in [1.165, 1.54) is 25.9 Å². The number of likely N-dealkylation sites (tertiary alicyclic amines) is 1. The quantitative estimate of drug-likeness (QED) is 0.475. The summed E-state index contributed by atoms with van der Waals surface area (Å²) in [6.07, 6.45) is 2.57. The van der Waals surface area contributed by atoms with Gasteiger partial charge in [0.2, 0.25) is 0 Å². The summed E-state index contributed by atoms with van der Waals surface area (Å²) in [6.45, 7) is 7.53. The van der Waals surface area contributed by atoms with Gasteiger partial charge in [0, 0.05) is 18.8 Å². The molecule has 2 aliphatic heterocycles. The Balaban J connectivity index is 0.000000520. The number of fused-ring (bicyclic) bond motifs is 1. The normalized spacial score (nSPS) is 15.8. The van der Waals surface area contributed by atoms with Crippen molar-refractivity contribution >= 4 is 0 Å². The van der Waals surface area contributed by atoms with Crippen LogP contribution in [0, 0.1) is 0 Å². The molecule has 2 heterocycles. The molecule has 1 saturated heterocycles. The molecule has 1 aromatic carbocycles. The van der Waals surface area contributed by atoms with E-state index < -0.39 is 12.8 Å². The van der Waals surface area contributed by atoms with Crippen LogP contribution in [-0.2, 0) is 11.2 Å². The number of rotatable bonds is 11. The van der Waals surface area contributed by atoms with Gasteiger partial charge < -0.3 is 24.4 Å². The van der Waals surface area contributed by atoms with Gasteiger partial charge in [0.05, 0.1) is 0 Å². The van der Waals surface area contributed by atoms with Crippen molar-refractivity contribution in [3.8, 4) is 11.5 Å². The first-order valence-corrected chi connectivity index (χ1v) is 11.5. The summed E-state index contributed by atoms with van der Waals surface area (Å²) in [6, 6.07) is 5.96. The summed E-state index contributed by atoms with van der Waals surface area (Å²) in [4.78, 5) is 2.36. The minimum absolute atomic E-state index is 0.142. The number of alkyl halides is 3. The third-order valence-corrected chi connectivity index (χ3v) is 5.26. The van der Waals surface area contributed by atoms with Crippen molar-refractivity contribution in [2.45, 2.75) is 51.1 Å². The molecule has 1 N–H and O–H groups in total. The van der Waals surface area contributed by atoms with E-state index in [0.717, 1.165) is 55.0 Å². The monoisotopic (exact) mass is 458 g/mol. The highest BCUT2D eigenvalue weighted by atomic mass is 19.4. The zero-order valence-electron chi connectivity index (χ0n) is 19.1. The summed E-state index contributed by atoms with van der Waals surface area (Å²) >= 11 is 0. The van der Waals surface area contributed by atoms with Gasteiger partial charge in [-0.25, -0.2) is 0 Å². The fraction of sp³-hybridized carbons (Fsp3) is 0.667. The van der Waals surface area contributed by atoms with Crippen LogP contribution >= 0.6 is 0 Å². The molecule has 0 spiro atoms. The molecule has 0 atom stereocenters. The van der Waals surface area contributed by atoms with Crippen molar-refractivity contribution in [1.29, 1.82) is 0 Å². The molecule has 0 unspecified atom stereocenters. The maximum atomic E-state index is 11.9. The zero-order chi connectivity index (χ0) is 23.2. The first kappa shape index (κ1) is 26.3. The Morgan fingerprint density at radius 3 is 2.47 bits per heavy atom. The smallest absolute Gasteiger partial charge is 0.411 e. The first-order valence-electron chi connectivity index (χ1n) is 11.5. The van der Waals surface area contributed by atoms with Gasteiger partial charge in [-0.05, 0) is 76.4 Å². The van der Waals surface area contributed by atoms with Crippen LogP contribution < -0.4 is 14.8 Å². The number of hydrogen-bond acceptors (Lipinski definition) is 5. The van der Waals surface area contributed by atoms with E-state index in [-0.39, 0.29) is 6.61 Å². The Morgan fingerprint density at radius 2 is 1.81 bits per heavy atom. The minimum Gasteiger partial charge on any atom is -0.486 e. The predicted molar refractivity (Wildman–Crippen MR) is 120 cm³/mol. The van der Waals surface area contributed by atoms with Crippen molar-refractivity contribution in [2.24, 2.45) is 0 Å². The van der Waals surface area contributed by atoms with Gasteiger partial charge in [0.15, 0.2) is 11.5 Å². The summed E-state index contributed by atoms with van der Waals surface area (Å²) in [5.41, 5.74) is 2.11. The third-order valence-electron chi connectivity index (χ3n) is 5.26. The van der Waals surface area contributed by atoms with E-state index in [2.05, 4.69) is 28.6 Å². The number of benzene rings is 1. The summed E-state index contributed by atoms with van der Waals surface area (Å²) < 4.78 is 51.4. The molecule has 0 saturated carbocycles. The topological polar surface area (TPSA) is 43.0 Å². The fourth-order valence-corrected chi connectivity index (χ4v) is 3.50. The molecule has 0 aliphatic carbocycles. The molecular weight excluding hydrogens is 421 g/mol. The number of hydrogen-bond donors (Lipinski definition) is 1. The molecule has 1 fully saturated rings. The standard InChI is InChI=1S/C19H26F3NO3.C5H11N/c1-15(5-3-2-4-10-24-14-19(20,21)22)23-9-8-16-6-7-17-18(13-16)26-12-11-25-17;1-6-4-2-3-5-6/h6-7,13,23H,1-5,8-12,14H2;2-5H2,1H3. The number of nitrogens with zero attached hydrogens (tertiary/aromatic N) is 1. The van der Waals surface area contributed by atoms with Crippen molar-refractivity contribution in [3.05, 3.63) is 36.0 Å². The maximum Gasteiger partial charge on any atom is 0.411 e. The van der Waals surface area contributed by atoms with Gasteiger partial charge >= 0.3 is 6.18 Å².